The summed E-state index contributed by atoms with van der Waals surface area (Å²) in [4.78, 5) is 5.15. The highest BCUT2D eigenvalue weighted by Crippen LogP contribution is 2.30. The van der Waals surface area contributed by atoms with Crippen molar-refractivity contribution in [2.45, 2.75) is 38.1 Å². The first kappa shape index (κ1) is 12.3. The minimum atomic E-state index is 0.279. The third-order valence-electron chi connectivity index (χ3n) is 4.45. The number of likely N-dealkylation sites (N-methyl/N-ethyl adjacent to an activating group) is 1. The zero-order valence-electron chi connectivity index (χ0n) is 10.9. The summed E-state index contributed by atoms with van der Waals surface area (Å²) in [6.07, 6.45) is 5.35. The molecule has 2 N–H and O–H groups in total. The molecule has 2 fully saturated rings. The maximum Gasteiger partial charge on any atom is 0.0458 e. The molecule has 0 aromatic carbocycles. The number of nitrogens with two attached hydrogens (primary N) is 1. The monoisotopic (exact) mass is 225 g/mol. The fourth-order valence-corrected chi connectivity index (χ4v) is 3.51. The number of hydrogen-bond acceptors (Lipinski definition) is 3. The molecule has 0 spiro atoms. The molecule has 0 aliphatic carbocycles. The van der Waals surface area contributed by atoms with Crippen LogP contribution < -0.4 is 5.73 Å². The molecule has 2 unspecified atom stereocenters. The molecule has 3 nitrogen and oxygen atoms in total. The number of hydrogen-bond donors (Lipinski definition) is 1. The van der Waals surface area contributed by atoms with Crippen molar-refractivity contribution >= 4 is 0 Å². The Hall–Kier alpha value is -0.120. The van der Waals surface area contributed by atoms with E-state index in [1.165, 1.54) is 45.3 Å². The summed E-state index contributed by atoms with van der Waals surface area (Å²) in [5.74, 6) is 0.851. The maximum absolute atomic E-state index is 6.11. The lowest BCUT2D eigenvalue weighted by molar-refractivity contribution is 0.000379. The molecule has 2 aliphatic heterocycles. The highest BCUT2D eigenvalue weighted by Gasteiger charge is 2.39. The minimum Gasteiger partial charge on any atom is -0.329 e. The van der Waals surface area contributed by atoms with Gasteiger partial charge in [0.1, 0.15) is 0 Å². The Morgan fingerprint density at radius 1 is 1.31 bits per heavy atom. The topological polar surface area (TPSA) is 32.5 Å². The first-order chi connectivity index (χ1) is 7.66. The predicted octanol–water partition coefficient (Wildman–Crippen LogP) is 1.14. The van der Waals surface area contributed by atoms with Crippen molar-refractivity contribution in [3.05, 3.63) is 0 Å². The van der Waals surface area contributed by atoms with Gasteiger partial charge >= 0.3 is 0 Å². The van der Waals surface area contributed by atoms with Gasteiger partial charge in [0.2, 0.25) is 0 Å². The van der Waals surface area contributed by atoms with Crippen molar-refractivity contribution in [1.82, 2.24) is 9.80 Å². The highest BCUT2D eigenvalue weighted by atomic mass is 15.3. The van der Waals surface area contributed by atoms with E-state index in [2.05, 4.69) is 23.8 Å². The first-order valence-corrected chi connectivity index (χ1v) is 6.80. The third kappa shape index (κ3) is 2.41. The highest BCUT2D eigenvalue weighted by molar-refractivity contribution is 4.98. The molecule has 0 aromatic rings. The van der Waals surface area contributed by atoms with Gasteiger partial charge < -0.3 is 10.6 Å². The lowest BCUT2D eigenvalue weighted by atomic mass is 9.84. The number of rotatable bonds is 2. The van der Waals surface area contributed by atoms with E-state index in [0.717, 1.165) is 19.0 Å². The van der Waals surface area contributed by atoms with Gasteiger partial charge in [-0.05, 0) is 51.7 Å². The molecule has 0 aromatic heterocycles. The fourth-order valence-electron chi connectivity index (χ4n) is 3.51. The van der Waals surface area contributed by atoms with E-state index in [1.54, 1.807) is 0 Å². The molecule has 2 atom stereocenters. The van der Waals surface area contributed by atoms with Crippen LogP contribution in [-0.4, -0.2) is 55.1 Å². The van der Waals surface area contributed by atoms with Crippen LogP contribution in [0.5, 0.6) is 0 Å². The van der Waals surface area contributed by atoms with Crippen LogP contribution >= 0.6 is 0 Å². The van der Waals surface area contributed by atoms with Crippen LogP contribution in [0.3, 0.4) is 0 Å². The Morgan fingerprint density at radius 3 is 2.75 bits per heavy atom. The molecule has 3 heteroatoms. The second-order valence-corrected chi connectivity index (χ2v) is 5.96. The quantitative estimate of drug-likeness (QED) is 0.765. The average Bonchev–Trinajstić information content (AvgIpc) is 2.29. The van der Waals surface area contributed by atoms with Gasteiger partial charge in [-0.2, -0.15) is 0 Å². The first-order valence-electron chi connectivity index (χ1n) is 6.80. The van der Waals surface area contributed by atoms with Crippen molar-refractivity contribution in [2.75, 3.05) is 39.8 Å². The van der Waals surface area contributed by atoms with Gasteiger partial charge in [0.15, 0.2) is 0 Å². The molecule has 0 amide bonds. The number of nitrogens with zero attached hydrogens (tertiary/aromatic N) is 2. The van der Waals surface area contributed by atoms with Crippen LogP contribution in [0.15, 0.2) is 0 Å². The van der Waals surface area contributed by atoms with E-state index in [0.29, 0.717) is 0 Å². The van der Waals surface area contributed by atoms with E-state index in [-0.39, 0.29) is 5.54 Å². The van der Waals surface area contributed by atoms with E-state index in [1.807, 2.05) is 0 Å². The lowest BCUT2D eigenvalue weighted by Gasteiger charge is -2.51. The second kappa shape index (κ2) is 5.03. The lowest BCUT2D eigenvalue weighted by Crippen LogP contribution is -2.63. The summed E-state index contributed by atoms with van der Waals surface area (Å²) < 4.78 is 0. The molecule has 0 radical (unpaired) electrons. The Balaban J connectivity index is 2.07. The normalized spacial score (nSPS) is 38.8. The zero-order valence-corrected chi connectivity index (χ0v) is 10.9. The standard InChI is InChI=1S/C13H27N3/c1-12-5-3-8-16(9-12)13(10-14)6-4-7-15(2)11-13/h12H,3-11,14H2,1-2H3. The molecule has 0 bridgehead atoms. The summed E-state index contributed by atoms with van der Waals surface area (Å²) in [6.45, 7) is 8.12. The largest absolute Gasteiger partial charge is 0.329 e. The maximum atomic E-state index is 6.11. The Kier molecular flexibility index (Phi) is 3.88. The molecule has 2 heterocycles. The summed E-state index contributed by atoms with van der Waals surface area (Å²) in [5.41, 5.74) is 6.39. The second-order valence-electron chi connectivity index (χ2n) is 5.96. The van der Waals surface area contributed by atoms with Gasteiger partial charge in [-0.25, -0.2) is 0 Å². The van der Waals surface area contributed by atoms with Crippen molar-refractivity contribution in [2.24, 2.45) is 11.7 Å². The smallest absolute Gasteiger partial charge is 0.0458 e. The van der Waals surface area contributed by atoms with Gasteiger partial charge in [-0.15, -0.1) is 0 Å². The van der Waals surface area contributed by atoms with E-state index >= 15 is 0 Å². The average molecular weight is 225 g/mol. The molecular weight excluding hydrogens is 198 g/mol. The van der Waals surface area contributed by atoms with Gasteiger partial charge in [0, 0.05) is 25.2 Å². The molecule has 2 rings (SSSR count). The van der Waals surface area contributed by atoms with Crippen LogP contribution in [0.2, 0.25) is 0 Å². The Bertz CT molecular complexity index is 231. The van der Waals surface area contributed by atoms with Crippen LogP contribution in [0.4, 0.5) is 0 Å². The summed E-state index contributed by atoms with van der Waals surface area (Å²) in [6, 6.07) is 0. The van der Waals surface area contributed by atoms with Crippen molar-refractivity contribution in [1.29, 1.82) is 0 Å². The zero-order chi connectivity index (χ0) is 11.6. The Morgan fingerprint density at radius 2 is 2.12 bits per heavy atom. The molecule has 2 aliphatic rings. The number of piperidine rings is 2. The van der Waals surface area contributed by atoms with Crippen molar-refractivity contribution < 1.29 is 0 Å². The van der Waals surface area contributed by atoms with Crippen LogP contribution in [0, 0.1) is 5.92 Å². The molecule has 16 heavy (non-hydrogen) atoms. The van der Waals surface area contributed by atoms with Crippen molar-refractivity contribution in [3.8, 4) is 0 Å². The van der Waals surface area contributed by atoms with Crippen LogP contribution in [-0.2, 0) is 0 Å². The van der Waals surface area contributed by atoms with Crippen LogP contribution in [0.25, 0.3) is 0 Å². The van der Waals surface area contributed by atoms with Gasteiger partial charge in [0.05, 0.1) is 0 Å². The molecule has 94 valence electrons. The SMILES string of the molecule is CC1CCCN(C2(CN)CCCN(C)C2)C1. The minimum absolute atomic E-state index is 0.279. The van der Waals surface area contributed by atoms with Gasteiger partial charge in [-0.3, -0.25) is 4.90 Å². The summed E-state index contributed by atoms with van der Waals surface area (Å²) >= 11 is 0. The summed E-state index contributed by atoms with van der Waals surface area (Å²) in [5, 5.41) is 0. The third-order valence-corrected chi connectivity index (χ3v) is 4.45. The predicted molar refractivity (Wildman–Crippen MR) is 68.5 cm³/mol. The summed E-state index contributed by atoms with van der Waals surface area (Å²) in [7, 11) is 2.23. The Labute approximate surface area is 100.0 Å². The van der Waals surface area contributed by atoms with Gasteiger partial charge in [0.25, 0.3) is 0 Å². The fraction of sp³-hybridized carbons (Fsp3) is 1.00. The molecule has 2 saturated heterocycles. The van der Waals surface area contributed by atoms with Crippen molar-refractivity contribution in [3.63, 3.8) is 0 Å². The van der Waals surface area contributed by atoms with Crippen LogP contribution in [0.1, 0.15) is 32.6 Å². The van der Waals surface area contributed by atoms with E-state index < -0.39 is 0 Å². The molecular formula is C13H27N3. The van der Waals surface area contributed by atoms with E-state index in [4.69, 9.17) is 5.73 Å². The van der Waals surface area contributed by atoms with E-state index in [9.17, 15) is 0 Å². The number of likely N-dealkylation sites (tertiary alicyclic amines) is 2. The van der Waals surface area contributed by atoms with Gasteiger partial charge in [-0.1, -0.05) is 6.92 Å². The molecule has 0 saturated carbocycles.